The minimum Gasteiger partial charge on any atom is -0.322 e. The number of sulfonamides is 1. The zero-order chi connectivity index (χ0) is 25.9. The molecule has 0 bridgehead atoms. The third kappa shape index (κ3) is 4.12. The molecule has 0 radical (unpaired) electrons. The summed E-state index contributed by atoms with van der Waals surface area (Å²) in [6, 6.07) is 7.05. The molecule has 0 aliphatic carbocycles. The van der Waals surface area contributed by atoms with E-state index in [1.165, 1.54) is 26.6 Å². The Hall–Kier alpha value is -3.22. The number of aromatic nitrogens is 1. The van der Waals surface area contributed by atoms with Gasteiger partial charge in [-0.05, 0) is 60.6 Å². The zero-order valence-corrected chi connectivity index (χ0v) is 21.3. The van der Waals surface area contributed by atoms with Crippen molar-refractivity contribution in [1.29, 1.82) is 0 Å². The molecule has 2 saturated heterocycles. The quantitative estimate of drug-likeness (QED) is 0.507. The normalized spacial score (nSPS) is 21.5. The lowest BCUT2D eigenvalue weighted by molar-refractivity contribution is -0.136. The molecule has 3 aromatic rings. The number of hydrogen-bond donors (Lipinski definition) is 1. The van der Waals surface area contributed by atoms with Crippen LogP contribution in [0.25, 0.3) is 10.2 Å². The summed E-state index contributed by atoms with van der Waals surface area (Å²) in [6.07, 6.45) is 1.28. The summed E-state index contributed by atoms with van der Waals surface area (Å²) in [5, 5.41) is 2.26. The molecule has 6 rings (SSSR count). The fourth-order valence-electron chi connectivity index (χ4n) is 5.47. The molecule has 3 aliphatic heterocycles. The molecule has 1 aromatic heterocycles. The van der Waals surface area contributed by atoms with Gasteiger partial charge < -0.3 is 4.90 Å². The van der Waals surface area contributed by atoms with Crippen molar-refractivity contribution < 1.29 is 27.2 Å². The first-order valence-corrected chi connectivity index (χ1v) is 14.3. The third-order valence-electron chi connectivity index (χ3n) is 7.48. The fraction of sp³-hybridized carbons (Fsp3) is 0.360. The molecule has 1 N–H and O–H groups in total. The van der Waals surface area contributed by atoms with E-state index in [2.05, 4.69) is 10.3 Å². The highest BCUT2D eigenvalue weighted by Crippen LogP contribution is 2.36. The van der Waals surface area contributed by atoms with Crippen molar-refractivity contribution in [3.63, 3.8) is 0 Å². The molecule has 1 unspecified atom stereocenters. The molecular weight excluding hydrogens is 519 g/mol. The van der Waals surface area contributed by atoms with E-state index in [9.17, 15) is 22.8 Å². The van der Waals surface area contributed by atoms with Gasteiger partial charge in [0, 0.05) is 31.6 Å². The Morgan fingerprint density at radius 2 is 1.84 bits per heavy atom. The standard InChI is InChI=1S/C25H23FN4O5S2/c26-19-11-18-15(12-30(25(18)33)21-3-4-23(31)28-24(21)32)9-17(19)14-5-7-29(8-6-14)37(34,35)16-1-2-20-22(10-16)36-13-27-20/h1-2,9-11,13-14,21H,3-8,12H2,(H,28,31,32). The van der Waals surface area contributed by atoms with Gasteiger partial charge in [-0.2, -0.15) is 4.31 Å². The van der Waals surface area contributed by atoms with Crippen LogP contribution in [0.5, 0.6) is 0 Å². The molecule has 192 valence electrons. The van der Waals surface area contributed by atoms with Crippen LogP contribution >= 0.6 is 11.3 Å². The Kier molecular flexibility index (Phi) is 5.85. The first-order chi connectivity index (χ1) is 17.7. The SMILES string of the molecule is O=C1CCC(N2Cc3cc(C4CCN(S(=O)(=O)c5ccc6ncsc6c5)CC4)c(F)cc3C2=O)C(=O)N1. The molecule has 1 atom stereocenters. The Labute approximate surface area is 216 Å². The van der Waals surface area contributed by atoms with Gasteiger partial charge in [0.2, 0.25) is 21.8 Å². The van der Waals surface area contributed by atoms with Crippen LogP contribution in [0.15, 0.2) is 40.7 Å². The largest absolute Gasteiger partial charge is 0.322 e. The third-order valence-corrected chi connectivity index (χ3v) is 10.2. The zero-order valence-electron chi connectivity index (χ0n) is 19.6. The monoisotopic (exact) mass is 542 g/mol. The smallest absolute Gasteiger partial charge is 0.255 e. The maximum Gasteiger partial charge on any atom is 0.255 e. The number of carbonyl (C=O) groups is 3. The Morgan fingerprint density at radius 3 is 2.59 bits per heavy atom. The highest BCUT2D eigenvalue weighted by Gasteiger charge is 2.40. The Bertz CT molecular complexity index is 1560. The van der Waals surface area contributed by atoms with Crippen LogP contribution in [0.4, 0.5) is 4.39 Å². The minimum absolute atomic E-state index is 0.149. The summed E-state index contributed by atoms with van der Waals surface area (Å²) in [5.41, 5.74) is 3.75. The van der Waals surface area contributed by atoms with Crippen molar-refractivity contribution in [1.82, 2.24) is 19.5 Å². The summed E-state index contributed by atoms with van der Waals surface area (Å²) < 4.78 is 43.9. The number of nitrogens with one attached hydrogen (secondary N) is 1. The van der Waals surface area contributed by atoms with Gasteiger partial charge >= 0.3 is 0 Å². The summed E-state index contributed by atoms with van der Waals surface area (Å²) in [5.74, 6) is -2.00. The lowest BCUT2D eigenvalue weighted by Gasteiger charge is -2.31. The lowest BCUT2D eigenvalue weighted by Crippen LogP contribution is -2.52. The van der Waals surface area contributed by atoms with Crippen molar-refractivity contribution in [2.24, 2.45) is 0 Å². The predicted octanol–water partition coefficient (Wildman–Crippen LogP) is 2.76. The molecule has 0 spiro atoms. The highest BCUT2D eigenvalue weighted by atomic mass is 32.2. The van der Waals surface area contributed by atoms with E-state index in [-0.39, 0.29) is 54.8 Å². The van der Waals surface area contributed by atoms with Crippen LogP contribution < -0.4 is 5.32 Å². The van der Waals surface area contributed by atoms with Gasteiger partial charge in [-0.25, -0.2) is 17.8 Å². The van der Waals surface area contributed by atoms with Gasteiger partial charge in [-0.1, -0.05) is 6.07 Å². The number of hydrogen-bond acceptors (Lipinski definition) is 7. The average molecular weight is 543 g/mol. The number of rotatable bonds is 4. The van der Waals surface area contributed by atoms with Crippen LogP contribution in [0, 0.1) is 5.82 Å². The van der Waals surface area contributed by atoms with Gasteiger partial charge in [-0.3, -0.25) is 19.7 Å². The maximum atomic E-state index is 15.2. The van der Waals surface area contributed by atoms with Crippen molar-refractivity contribution >= 4 is 49.3 Å². The lowest BCUT2D eigenvalue weighted by atomic mass is 9.88. The Morgan fingerprint density at radius 1 is 1.05 bits per heavy atom. The fourth-order valence-corrected chi connectivity index (χ4v) is 7.76. The summed E-state index contributed by atoms with van der Waals surface area (Å²) in [6.45, 7) is 0.679. The first-order valence-electron chi connectivity index (χ1n) is 12.0. The van der Waals surface area contributed by atoms with Crippen molar-refractivity contribution in [3.8, 4) is 0 Å². The van der Waals surface area contributed by atoms with Crippen molar-refractivity contribution in [2.75, 3.05) is 13.1 Å². The van der Waals surface area contributed by atoms with Crippen molar-refractivity contribution in [3.05, 3.63) is 58.3 Å². The molecule has 12 heteroatoms. The topological polar surface area (TPSA) is 117 Å². The number of piperidine rings is 2. The van der Waals surface area contributed by atoms with Crippen LogP contribution in [-0.2, 0) is 26.2 Å². The number of thiazole rings is 1. The summed E-state index contributed by atoms with van der Waals surface area (Å²) >= 11 is 1.38. The second-order valence-corrected chi connectivity index (χ2v) is 12.4. The first kappa shape index (κ1) is 24.1. The molecule has 2 fully saturated rings. The number of carbonyl (C=O) groups excluding carboxylic acids is 3. The van der Waals surface area contributed by atoms with Crippen LogP contribution in [0.2, 0.25) is 0 Å². The average Bonchev–Trinajstić information content (AvgIpc) is 3.48. The van der Waals surface area contributed by atoms with E-state index in [1.54, 1.807) is 29.8 Å². The van der Waals surface area contributed by atoms with Crippen LogP contribution in [-0.4, -0.2) is 59.5 Å². The van der Waals surface area contributed by atoms with E-state index in [1.807, 2.05) is 0 Å². The number of nitrogens with zero attached hydrogens (tertiary/aromatic N) is 3. The highest BCUT2D eigenvalue weighted by molar-refractivity contribution is 7.89. The van der Waals surface area contributed by atoms with Gasteiger partial charge in [0.25, 0.3) is 5.91 Å². The molecule has 9 nitrogen and oxygen atoms in total. The number of benzene rings is 2. The maximum absolute atomic E-state index is 15.2. The van der Waals surface area contributed by atoms with E-state index in [0.29, 0.717) is 24.0 Å². The summed E-state index contributed by atoms with van der Waals surface area (Å²) in [4.78, 5) is 42.5. The number of amides is 3. The molecule has 2 aromatic carbocycles. The second-order valence-electron chi connectivity index (χ2n) is 9.59. The molecule has 37 heavy (non-hydrogen) atoms. The van der Waals surface area contributed by atoms with E-state index < -0.39 is 33.7 Å². The molecule has 3 amide bonds. The van der Waals surface area contributed by atoms with Crippen LogP contribution in [0.1, 0.15) is 53.1 Å². The van der Waals surface area contributed by atoms with Gasteiger partial charge in [0.05, 0.1) is 20.6 Å². The molecular formula is C25H23FN4O5S2. The Balaban J connectivity index is 1.18. The predicted molar refractivity (Wildman–Crippen MR) is 133 cm³/mol. The molecule has 4 heterocycles. The molecule has 3 aliphatic rings. The van der Waals surface area contributed by atoms with E-state index in [0.717, 1.165) is 10.2 Å². The molecule has 0 saturated carbocycles. The van der Waals surface area contributed by atoms with E-state index >= 15 is 4.39 Å². The number of halogens is 1. The summed E-state index contributed by atoms with van der Waals surface area (Å²) in [7, 11) is -3.69. The van der Waals surface area contributed by atoms with Crippen LogP contribution in [0.3, 0.4) is 0 Å². The van der Waals surface area contributed by atoms with E-state index in [4.69, 9.17) is 0 Å². The van der Waals surface area contributed by atoms with Gasteiger partial charge in [-0.15, -0.1) is 11.3 Å². The minimum atomic E-state index is -3.69. The number of imide groups is 1. The van der Waals surface area contributed by atoms with Crippen molar-refractivity contribution in [2.45, 2.75) is 49.1 Å². The van der Waals surface area contributed by atoms with Gasteiger partial charge in [0.15, 0.2) is 0 Å². The number of fused-ring (bicyclic) bond motifs is 2. The van der Waals surface area contributed by atoms with Gasteiger partial charge in [0.1, 0.15) is 11.9 Å². The second kappa shape index (κ2) is 8.96.